The minimum absolute atomic E-state index is 0.0217. The number of nitrogens with one attached hydrogen (secondary N) is 2. The number of hydrogen-bond donors (Lipinski definition) is 3. The third-order valence-electron chi connectivity index (χ3n) is 3.81. The van der Waals surface area contributed by atoms with Gasteiger partial charge in [0.1, 0.15) is 0 Å². The van der Waals surface area contributed by atoms with E-state index in [0.29, 0.717) is 35.8 Å². The standard InChI is InChI=1S/C14H18BrN3O4/c1-18-7-10(6-11(15)12(18)19)17-14(22)16-9-4-2-8(3-5-9)13(20)21/h6-9H,2-5H2,1H3,(H,20,21)(H2,16,17,22). The quantitative estimate of drug-likeness (QED) is 0.755. The number of aromatic nitrogens is 1. The molecular formula is C14H18BrN3O4. The van der Waals surface area contributed by atoms with Gasteiger partial charge in [-0.3, -0.25) is 9.59 Å². The number of carboxylic acid groups (broad SMARTS) is 1. The molecule has 22 heavy (non-hydrogen) atoms. The molecule has 120 valence electrons. The van der Waals surface area contributed by atoms with E-state index in [1.54, 1.807) is 13.1 Å². The lowest BCUT2D eigenvalue weighted by Crippen LogP contribution is -2.41. The number of urea groups is 1. The zero-order valence-corrected chi connectivity index (χ0v) is 13.7. The van der Waals surface area contributed by atoms with Crippen LogP contribution in [0.2, 0.25) is 0 Å². The molecule has 1 fully saturated rings. The molecule has 0 unspecified atom stereocenters. The van der Waals surface area contributed by atoms with Gasteiger partial charge in [-0.05, 0) is 47.7 Å². The number of amides is 2. The van der Waals surface area contributed by atoms with Crippen LogP contribution in [0.15, 0.2) is 21.5 Å². The number of aryl methyl sites for hydroxylation is 1. The molecule has 0 spiro atoms. The van der Waals surface area contributed by atoms with Gasteiger partial charge in [-0.15, -0.1) is 0 Å². The topological polar surface area (TPSA) is 100 Å². The highest BCUT2D eigenvalue weighted by molar-refractivity contribution is 9.10. The van der Waals surface area contributed by atoms with Gasteiger partial charge in [-0.25, -0.2) is 4.79 Å². The largest absolute Gasteiger partial charge is 0.481 e. The fourth-order valence-electron chi connectivity index (χ4n) is 2.58. The maximum Gasteiger partial charge on any atom is 0.319 e. The van der Waals surface area contributed by atoms with E-state index in [9.17, 15) is 14.4 Å². The number of carboxylic acids is 1. The van der Waals surface area contributed by atoms with Crippen LogP contribution >= 0.6 is 15.9 Å². The number of carbonyl (C=O) groups excluding carboxylic acids is 1. The molecule has 0 aromatic carbocycles. The monoisotopic (exact) mass is 371 g/mol. The summed E-state index contributed by atoms with van der Waals surface area (Å²) in [5, 5.41) is 14.5. The van der Waals surface area contributed by atoms with Crippen molar-refractivity contribution in [3.8, 4) is 0 Å². The summed E-state index contributed by atoms with van der Waals surface area (Å²) in [5.41, 5.74) is 0.323. The number of halogens is 1. The van der Waals surface area contributed by atoms with Crippen molar-refractivity contribution in [2.75, 3.05) is 5.32 Å². The Hall–Kier alpha value is -1.83. The minimum atomic E-state index is -0.766. The second kappa shape index (κ2) is 6.95. The summed E-state index contributed by atoms with van der Waals surface area (Å²) in [4.78, 5) is 34.4. The summed E-state index contributed by atoms with van der Waals surface area (Å²) in [6.07, 6.45) is 3.99. The molecule has 0 radical (unpaired) electrons. The van der Waals surface area contributed by atoms with Crippen LogP contribution in [0.3, 0.4) is 0 Å². The molecule has 3 N–H and O–H groups in total. The van der Waals surface area contributed by atoms with E-state index in [0.717, 1.165) is 0 Å². The van der Waals surface area contributed by atoms with Crippen molar-refractivity contribution in [3.05, 3.63) is 27.1 Å². The number of hydrogen-bond acceptors (Lipinski definition) is 3. The van der Waals surface area contributed by atoms with Crippen molar-refractivity contribution < 1.29 is 14.7 Å². The molecule has 1 aromatic rings. The Morgan fingerprint density at radius 1 is 1.32 bits per heavy atom. The lowest BCUT2D eigenvalue weighted by Gasteiger charge is -2.26. The molecule has 1 aromatic heterocycles. The van der Waals surface area contributed by atoms with Crippen molar-refractivity contribution in [2.45, 2.75) is 31.7 Å². The minimum Gasteiger partial charge on any atom is -0.481 e. The first-order valence-electron chi connectivity index (χ1n) is 7.03. The molecule has 0 atom stereocenters. The average molecular weight is 372 g/mol. The lowest BCUT2D eigenvalue weighted by molar-refractivity contribution is -0.142. The molecule has 0 aliphatic heterocycles. The van der Waals surface area contributed by atoms with Crippen LogP contribution in [0.4, 0.5) is 10.5 Å². The van der Waals surface area contributed by atoms with Gasteiger partial charge in [0.25, 0.3) is 5.56 Å². The highest BCUT2D eigenvalue weighted by Crippen LogP contribution is 2.24. The molecule has 8 heteroatoms. The van der Waals surface area contributed by atoms with Gasteiger partial charge in [0.15, 0.2) is 0 Å². The predicted octanol–water partition coefficient (Wildman–Crippen LogP) is 1.91. The summed E-state index contributed by atoms with van der Waals surface area (Å²) in [5.74, 6) is -1.07. The fraction of sp³-hybridized carbons (Fsp3) is 0.500. The fourth-order valence-corrected chi connectivity index (χ4v) is 3.10. The molecule has 0 saturated heterocycles. The van der Waals surface area contributed by atoms with E-state index in [1.165, 1.54) is 10.8 Å². The zero-order valence-electron chi connectivity index (χ0n) is 12.1. The molecule has 7 nitrogen and oxygen atoms in total. The average Bonchev–Trinajstić information content (AvgIpc) is 2.45. The number of anilines is 1. The number of aliphatic carboxylic acids is 1. The van der Waals surface area contributed by atoms with E-state index in [2.05, 4.69) is 26.6 Å². The summed E-state index contributed by atoms with van der Waals surface area (Å²) in [6.45, 7) is 0. The van der Waals surface area contributed by atoms with Crippen LogP contribution in [0, 0.1) is 5.92 Å². The third-order valence-corrected chi connectivity index (χ3v) is 4.38. The van der Waals surface area contributed by atoms with Crippen LogP contribution in [0.1, 0.15) is 25.7 Å². The van der Waals surface area contributed by atoms with E-state index < -0.39 is 5.97 Å². The van der Waals surface area contributed by atoms with Crippen LogP contribution in [0.5, 0.6) is 0 Å². The van der Waals surface area contributed by atoms with Crippen LogP contribution < -0.4 is 16.2 Å². The van der Waals surface area contributed by atoms with E-state index >= 15 is 0 Å². The Morgan fingerprint density at radius 3 is 2.50 bits per heavy atom. The highest BCUT2D eigenvalue weighted by atomic mass is 79.9. The van der Waals surface area contributed by atoms with Crippen molar-refractivity contribution in [2.24, 2.45) is 13.0 Å². The summed E-state index contributed by atoms with van der Waals surface area (Å²) < 4.78 is 1.74. The Morgan fingerprint density at radius 2 is 1.95 bits per heavy atom. The number of carbonyl (C=O) groups is 2. The highest BCUT2D eigenvalue weighted by Gasteiger charge is 2.26. The van der Waals surface area contributed by atoms with E-state index in [1.807, 2.05) is 0 Å². The normalized spacial score (nSPS) is 21.2. The van der Waals surface area contributed by atoms with Crippen molar-refractivity contribution in [1.82, 2.24) is 9.88 Å². The van der Waals surface area contributed by atoms with Gasteiger partial charge >= 0.3 is 12.0 Å². The summed E-state index contributed by atoms with van der Waals surface area (Å²) >= 11 is 3.14. The van der Waals surface area contributed by atoms with Crippen LogP contribution in [-0.4, -0.2) is 27.7 Å². The van der Waals surface area contributed by atoms with E-state index in [4.69, 9.17) is 5.11 Å². The Labute approximate surface area is 135 Å². The molecule has 2 amide bonds. The molecule has 1 heterocycles. The molecule has 1 aliphatic rings. The number of nitrogens with zero attached hydrogens (tertiary/aromatic N) is 1. The first-order valence-corrected chi connectivity index (χ1v) is 7.82. The van der Waals surface area contributed by atoms with Gasteiger partial charge < -0.3 is 20.3 Å². The second-order valence-corrected chi connectivity index (χ2v) is 6.33. The Balaban J connectivity index is 1.89. The predicted molar refractivity (Wildman–Crippen MR) is 84.9 cm³/mol. The van der Waals surface area contributed by atoms with Gasteiger partial charge in [0, 0.05) is 19.3 Å². The maximum atomic E-state index is 12.0. The van der Waals surface area contributed by atoms with Crippen LogP contribution in [0.25, 0.3) is 0 Å². The Bertz CT molecular complexity index is 609. The molecule has 0 bridgehead atoms. The smallest absolute Gasteiger partial charge is 0.319 e. The first-order chi connectivity index (χ1) is 10.4. The second-order valence-electron chi connectivity index (χ2n) is 5.48. The first kappa shape index (κ1) is 16.5. The number of pyridine rings is 1. The molecule has 1 aliphatic carbocycles. The van der Waals surface area contributed by atoms with Crippen molar-refractivity contribution in [1.29, 1.82) is 0 Å². The van der Waals surface area contributed by atoms with Crippen molar-refractivity contribution >= 4 is 33.6 Å². The molecular weight excluding hydrogens is 354 g/mol. The van der Waals surface area contributed by atoms with E-state index in [-0.39, 0.29) is 23.6 Å². The molecule has 1 saturated carbocycles. The molecule has 2 rings (SSSR count). The SMILES string of the molecule is Cn1cc(NC(=O)NC2CCC(C(=O)O)CC2)cc(Br)c1=O. The van der Waals surface area contributed by atoms with Gasteiger partial charge in [0.2, 0.25) is 0 Å². The number of rotatable bonds is 3. The summed E-state index contributed by atoms with van der Waals surface area (Å²) in [7, 11) is 1.60. The third kappa shape index (κ3) is 4.09. The summed E-state index contributed by atoms with van der Waals surface area (Å²) in [6, 6.07) is 1.17. The van der Waals surface area contributed by atoms with Crippen LogP contribution in [-0.2, 0) is 11.8 Å². The Kier molecular flexibility index (Phi) is 5.23. The lowest BCUT2D eigenvalue weighted by atomic mass is 9.86. The maximum absolute atomic E-state index is 12.0. The van der Waals surface area contributed by atoms with Gasteiger partial charge in [0.05, 0.1) is 16.1 Å². The van der Waals surface area contributed by atoms with Crippen molar-refractivity contribution in [3.63, 3.8) is 0 Å². The van der Waals surface area contributed by atoms with Gasteiger partial charge in [-0.2, -0.15) is 0 Å². The zero-order chi connectivity index (χ0) is 16.3. The van der Waals surface area contributed by atoms with Gasteiger partial charge in [-0.1, -0.05) is 0 Å².